The average Bonchev–Trinajstić information content (AvgIpc) is 3.33. The molecule has 0 aromatic heterocycles. The molecule has 20 heavy (non-hydrogen) atoms. The van der Waals surface area contributed by atoms with Gasteiger partial charge in [-0.2, -0.15) is 0 Å². The lowest BCUT2D eigenvalue weighted by molar-refractivity contribution is 0.156. The van der Waals surface area contributed by atoms with Crippen molar-refractivity contribution in [1.82, 2.24) is 10.2 Å². The first-order valence-electron chi connectivity index (χ1n) is 8.48. The standard InChI is InChI=1S/C18H26N2/c1-2-4-16-13-17(8-5-14(16)3-1)18(15-6-7-15)20-11-9-19-10-12-20/h5,8,13,15,18-19H,1-4,6-7,9-12H2. The van der Waals surface area contributed by atoms with Crippen LogP contribution in [0.1, 0.15) is 48.4 Å². The molecule has 1 aromatic rings. The molecular formula is C18H26N2. The molecular weight excluding hydrogens is 244 g/mol. The number of hydrogen-bond donors (Lipinski definition) is 1. The largest absolute Gasteiger partial charge is 0.314 e. The summed E-state index contributed by atoms with van der Waals surface area (Å²) in [6, 6.07) is 8.13. The van der Waals surface area contributed by atoms with E-state index in [0.29, 0.717) is 6.04 Å². The van der Waals surface area contributed by atoms with Gasteiger partial charge in [-0.05, 0) is 61.1 Å². The van der Waals surface area contributed by atoms with Gasteiger partial charge in [-0.1, -0.05) is 18.2 Å². The van der Waals surface area contributed by atoms with E-state index in [9.17, 15) is 0 Å². The van der Waals surface area contributed by atoms with Gasteiger partial charge in [-0.3, -0.25) is 4.90 Å². The highest BCUT2D eigenvalue weighted by Gasteiger charge is 2.36. The Labute approximate surface area is 122 Å². The van der Waals surface area contributed by atoms with E-state index in [1.807, 2.05) is 0 Å². The Balaban J connectivity index is 1.62. The summed E-state index contributed by atoms with van der Waals surface area (Å²) in [6.45, 7) is 4.76. The summed E-state index contributed by atoms with van der Waals surface area (Å²) < 4.78 is 0. The van der Waals surface area contributed by atoms with E-state index in [-0.39, 0.29) is 0 Å². The molecule has 1 heterocycles. The van der Waals surface area contributed by atoms with Gasteiger partial charge in [-0.15, -0.1) is 0 Å². The van der Waals surface area contributed by atoms with Crippen molar-refractivity contribution in [3.8, 4) is 0 Å². The minimum atomic E-state index is 0.698. The van der Waals surface area contributed by atoms with Gasteiger partial charge in [0.25, 0.3) is 0 Å². The normalized spacial score (nSPS) is 25.2. The third-order valence-corrected chi connectivity index (χ3v) is 5.33. The Morgan fingerprint density at radius 1 is 1.00 bits per heavy atom. The molecule has 0 amide bonds. The van der Waals surface area contributed by atoms with Crippen LogP contribution < -0.4 is 5.32 Å². The Bertz CT molecular complexity index is 472. The van der Waals surface area contributed by atoms with Crippen LogP contribution in [0.2, 0.25) is 0 Å². The molecule has 0 radical (unpaired) electrons. The predicted molar refractivity (Wildman–Crippen MR) is 83.0 cm³/mol. The molecule has 2 heteroatoms. The quantitative estimate of drug-likeness (QED) is 0.908. The van der Waals surface area contributed by atoms with Gasteiger partial charge in [0, 0.05) is 32.2 Å². The minimum Gasteiger partial charge on any atom is -0.314 e. The monoisotopic (exact) mass is 270 g/mol. The number of benzene rings is 1. The fraction of sp³-hybridized carbons (Fsp3) is 0.667. The number of hydrogen-bond acceptors (Lipinski definition) is 2. The molecule has 1 saturated heterocycles. The van der Waals surface area contributed by atoms with Crippen LogP contribution in [0.3, 0.4) is 0 Å². The first-order valence-corrected chi connectivity index (χ1v) is 8.48. The number of nitrogens with zero attached hydrogens (tertiary/aromatic N) is 1. The topological polar surface area (TPSA) is 15.3 Å². The molecule has 2 aliphatic carbocycles. The highest BCUT2D eigenvalue weighted by molar-refractivity contribution is 5.36. The van der Waals surface area contributed by atoms with E-state index in [1.165, 1.54) is 51.6 Å². The molecule has 108 valence electrons. The SMILES string of the molecule is c1cc2c(cc1C(C1CC1)N1CCNCC1)CCCC2. The Hall–Kier alpha value is -0.860. The van der Waals surface area contributed by atoms with E-state index < -0.39 is 0 Å². The third-order valence-electron chi connectivity index (χ3n) is 5.33. The van der Waals surface area contributed by atoms with Crippen LogP contribution in [0, 0.1) is 5.92 Å². The zero-order valence-electron chi connectivity index (χ0n) is 12.4. The van der Waals surface area contributed by atoms with Crippen molar-refractivity contribution in [3.05, 3.63) is 34.9 Å². The van der Waals surface area contributed by atoms with Crippen molar-refractivity contribution in [1.29, 1.82) is 0 Å². The van der Waals surface area contributed by atoms with Gasteiger partial charge in [0.15, 0.2) is 0 Å². The lowest BCUT2D eigenvalue weighted by atomic mass is 9.88. The number of rotatable bonds is 3. The Morgan fingerprint density at radius 3 is 2.50 bits per heavy atom. The number of piperazine rings is 1. The van der Waals surface area contributed by atoms with Crippen LogP contribution in [-0.4, -0.2) is 31.1 Å². The highest BCUT2D eigenvalue weighted by Crippen LogP contribution is 2.45. The maximum absolute atomic E-state index is 3.49. The van der Waals surface area contributed by atoms with Gasteiger partial charge in [0.1, 0.15) is 0 Å². The summed E-state index contributed by atoms with van der Waals surface area (Å²) in [7, 11) is 0. The van der Waals surface area contributed by atoms with Crippen molar-refractivity contribution in [2.75, 3.05) is 26.2 Å². The molecule has 4 rings (SSSR count). The fourth-order valence-corrected chi connectivity index (χ4v) is 4.09. The summed E-state index contributed by atoms with van der Waals surface area (Å²) in [5.41, 5.74) is 4.87. The first kappa shape index (κ1) is 12.8. The van der Waals surface area contributed by atoms with Gasteiger partial charge in [-0.25, -0.2) is 0 Å². The lowest BCUT2D eigenvalue weighted by Crippen LogP contribution is -2.45. The van der Waals surface area contributed by atoms with Gasteiger partial charge in [0.05, 0.1) is 0 Å². The first-order chi connectivity index (χ1) is 9.92. The number of nitrogens with one attached hydrogen (secondary N) is 1. The summed E-state index contributed by atoms with van der Waals surface area (Å²) in [5.74, 6) is 0.926. The maximum atomic E-state index is 3.49. The van der Waals surface area contributed by atoms with Gasteiger partial charge < -0.3 is 5.32 Å². The molecule has 1 aliphatic heterocycles. The second-order valence-corrected chi connectivity index (χ2v) is 6.80. The van der Waals surface area contributed by atoms with E-state index in [4.69, 9.17) is 0 Å². The van der Waals surface area contributed by atoms with Crippen LogP contribution in [0.5, 0.6) is 0 Å². The molecule has 0 bridgehead atoms. The van der Waals surface area contributed by atoms with Crippen molar-refractivity contribution in [2.24, 2.45) is 5.92 Å². The average molecular weight is 270 g/mol. The molecule has 1 aromatic carbocycles. The van der Waals surface area contributed by atoms with Crippen LogP contribution >= 0.6 is 0 Å². The summed E-state index contributed by atoms with van der Waals surface area (Å²) in [5, 5.41) is 3.49. The van der Waals surface area contributed by atoms with Crippen LogP contribution in [0.25, 0.3) is 0 Å². The Morgan fingerprint density at radius 2 is 1.75 bits per heavy atom. The third kappa shape index (κ3) is 2.51. The van der Waals surface area contributed by atoms with Gasteiger partial charge >= 0.3 is 0 Å². The lowest BCUT2D eigenvalue weighted by Gasteiger charge is -2.36. The molecule has 1 unspecified atom stereocenters. The van der Waals surface area contributed by atoms with Crippen LogP contribution in [-0.2, 0) is 12.8 Å². The van der Waals surface area contributed by atoms with E-state index in [1.54, 1.807) is 16.7 Å². The van der Waals surface area contributed by atoms with Crippen molar-refractivity contribution in [2.45, 2.75) is 44.6 Å². The second kappa shape index (κ2) is 5.50. The molecule has 2 fully saturated rings. The zero-order valence-corrected chi connectivity index (χ0v) is 12.4. The van der Waals surface area contributed by atoms with Crippen LogP contribution in [0.4, 0.5) is 0 Å². The second-order valence-electron chi connectivity index (χ2n) is 6.80. The smallest absolute Gasteiger partial charge is 0.0377 e. The highest BCUT2D eigenvalue weighted by atomic mass is 15.2. The molecule has 2 nitrogen and oxygen atoms in total. The van der Waals surface area contributed by atoms with Crippen molar-refractivity contribution < 1.29 is 0 Å². The van der Waals surface area contributed by atoms with Crippen LogP contribution in [0.15, 0.2) is 18.2 Å². The van der Waals surface area contributed by atoms with Crippen molar-refractivity contribution in [3.63, 3.8) is 0 Å². The van der Waals surface area contributed by atoms with E-state index in [0.717, 1.165) is 19.0 Å². The maximum Gasteiger partial charge on any atom is 0.0377 e. The zero-order chi connectivity index (χ0) is 13.4. The molecule has 1 saturated carbocycles. The number of aryl methyl sites for hydroxylation is 2. The Kier molecular flexibility index (Phi) is 3.53. The number of fused-ring (bicyclic) bond motifs is 1. The molecule has 1 N–H and O–H groups in total. The van der Waals surface area contributed by atoms with Crippen molar-refractivity contribution >= 4 is 0 Å². The minimum absolute atomic E-state index is 0.698. The van der Waals surface area contributed by atoms with E-state index >= 15 is 0 Å². The molecule has 1 atom stereocenters. The van der Waals surface area contributed by atoms with E-state index in [2.05, 4.69) is 28.4 Å². The predicted octanol–water partition coefficient (Wildman–Crippen LogP) is 2.92. The fourth-order valence-electron chi connectivity index (χ4n) is 4.09. The summed E-state index contributed by atoms with van der Waals surface area (Å²) >= 11 is 0. The molecule has 3 aliphatic rings. The molecule has 0 spiro atoms. The van der Waals surface area contributed by atoms with Gasteiger partial charge in [0.2, 0.25) is 0 Å². The summed E-state index contributed by atoms with van der Waals surface area (Å²) in [4.78, 5) is 2.73. The summed E-state index contributed by atoms with van der Waals surface area (Å²) in [6.07, 6.45) is 8.26.